The Morgan fingerprint density at radius 3 is 2.62 bits per heavy atom. The van der Waals surface area contributed by atoms with Crippen LogP contribution < -0.4 is 4.72 Å². The standard InChI is InChI=1S/C10H13BrFNO2S/c1-2-8(11)7-13-16(14,15)10-6-4-3-5-9(10)12/h3-6,8,13H,2,7H2,1H3. The van der Waals surface area contributed by atoms with Gasteiger partial charge >= 0.3 is 0 Å². The van der Waals surface area contributed by atoms with Crippen molar-refractivity contribution in [3.8, 4) is 0 Å². The molecule has 6 heteroatoms. The molecule has 0 fully saturated rings. The van der Waals surface area contributed by atoms with Crippen molar-refractivity contribution in [1.82, 2.24) is 4.72 Å². The van der Waals surface area contributed by atoms with Crippen LogP contribution in [0.4, 0.5) is 4.39 Å². The third-order valence-corrected chi connectivity index (χ3v) is 4.49. The molecule has 0 spiro atoms. The first-order chi connectivity index (χ1) is 7.47. The van der Waals surface area contributed by atoms with E-state index in [-0.39, 0.29) is 16.3 Å². The summed E-state index contributed by atoms with van der Waals surface area (Å²) in [5.41, 5.74) is 0. The maximum atomic E-state index is 13.3. The quantitative estimate of drug-likeness (QED) is 0.848. The Bertz CT molecular complexity index is 450. The Kier molecular flexibility index (Phi) is 4.89. The highest BCUT2D eigenvalue weighted by Crippen LogP contribution is 2.13. The van der Waals surface area contributed by atoms with E-state index in [4.69, 9.17) is 0 Å². The third kappa shape index (κ3) is 3.54. The fourth-order valence-corrected chi connectivity index (χ4v) is 2.62. The van der Waals surface area contributed by atoms with Gasteiger partial charge in [-0.25, -0.2) is 17.5 Å². The van der Waals surface area contributed by atoms with E-state index >= 15 is 0 Å². The number of hydrogen-bond donors (Lipinski definition) is 1. The average molecular weight is 310 g/mol. The number of benzene rings is 1. The van der Waals surface area contributed by atoms with E-state index in [9.17, 15) is 12.8 Å². The maximum Gasteiger partial charge on any atom is 0.243 e. The molecule has 1 atom stereocenters. The van der Waals surface area contributed by atoms with Crippen LogP contribution in [0.1, 0.15) is 13.3 Å². The molecule has 3 nitrogen and oxygen atoms in total. The lowest BCUT2D eigenvalue weighted by Crippen LogP contribution is -2.30. The number of rotatable bonds is 5. The van der Waals surface area contributed by atoms with Crippen LogP contribution in [0.25, 0.3) is 0 Å². The molecule has 0 bridgehead atoms. The number of sulfonamides is 1. The molecule has 1 aromatic carbocycles. The second-order valence-corrected chi connectivity index (χ2v) is 6.32. The van der Waals surface area contributed by atoms with Gasteiger partial charge in [-0.1, -0.05) is 35.0 Å². The molecule has 0 saturated carbocycles. The van der Waals surface area contributed by atoms with Crippen LogP contribution in [0.15, 0.2) is 29.2 Å². The first kappa shape index (κ1) is 13.6. The Hall–Kier alpha value is -0.460. The smallest absolute Gasteiger partial charge is 0.210 e. The zero-order valence-corrected chi connectivity index (χ0v) is 11.2. The van der Waals surface area contributed by atoms with E-state index in [1.807, 2.05) is 6.92 Å². The van der Waals surface area contributed by atoms with Crippen LogP contribution in [0, 0.1) is 5.82 Å². The molecule has 0 amide bonds. The molecule has 0 radical (unpaired) electrons. The molecule has 0 aliphatic rings. The Morgan fingerprint density at radius 2 is 2.06 bits per heavy atom. The van der Waals surface area contributed by atoms with Crippen molar-refractivity contribution in [2.45, 2.75) is 23.1 Å². The van der Waals surface area contributed by atoms with E-state index in [2.05, 4.69) is 20.7 Å². The molecule has 1 aromatic rings. The molecule has 1 unspecified atom stereocenters. The monoisotopic (exact) mass is 309 g/mol. The molecule has 1 rings (SSSR count). The molecule has 16 heavy (non-hydrogen) atoms. The van der Waals surface area contributed by atoms with E-state index in [1.54, 1.807) is 0 Å². The van der Waals surface area contributed by atoms with Gasteiger partial charge < -0.3 is 0 Å². The van der Waals surface area contributed by atoms with Gasteiger partial charge in [-0.05, 0) is 18.6 Å². The summed E-state index contributed by atoms with van der Waals surface area (Å²) in [4.78, 5) is -0.264. The summed E-state index contributed by atoms with van der Waals surface area (Å²) in [5.74, 6) is -0.738. The van der Waals surface area contributed by atoms with Gasteiger partial charge in [0.05, 0.1) is 0 Å². The number of hydrogen-bond acceptors (Lipinski definition) is 2. The number of halogens is 2. The summed E-state index contributed by atoms with van der Waals surface area (Å²) < 4.78 is 39.0. The van der Waals surface area contributed by atoms with Crippen LogP contribution >= 0.6 is 15.9 Å². The first-order valence-electron chi connectivity index (χ1n) is 4.85. The van der Waals surface area contributed by atoms with Gasteiger partial charge in [-0.15, -0.1) is 0 Å². The number of nitrogens with one attached hydrogen (secondary N) is 1. The Balaban J connectivity index is 2.83. The molecule has 0 aliphatic heterocycles. The Labute approximate surface area is 103 Å². The summed E-state index contributed by atoms with van der Waals surface area (Å²) >= 11 is 3.30. The summed E-state index contributed by atoms with van der Waals surface area (Å²) in [7, 11) is -3.75. The molecule has 0 aliphatic carbocycles. The van der Waals surface area contributed by atoms with Crippen molar-refractivity contribution in [3.63, 3.8) is 0 Å². The lowest BCUT2D eigenvalue weighted by molar-refractivity contribution is 0.556. The van der Waals surface area contributed by atoms with E-state index < -0.39 is 15.8 Å². The average Bonchev–Trinajstić information content (AvgIpc) is 2.26. The van der Waals surface area contributed by atoms with Crippen LogP contribution in [0.3, 0.4) is 0 Å². The van der Waals surface area contributed by atoms with Crippen LogP contribution in [-0.4, -0.2) is 19.8 Å². The minimum atomic E-state index is -3.75. The highest BCUT2D eigenvalue weighted by atomic mass is 79.9. The molecular weight excluding hydrogens is 297 g/mol. The lowest BCUT2D eigenvalue weighted by atomic mass is 10.3. The zero-order chi connectivity index (χ0) is 12.2. The van der Waals surface area contributed by atoms with Crippen molar-refractivity contribution in [3.05, 3.63) is 30.1 Å². The largest absolute Gasteiger partial charge is 0.243 e. The summed E-state index contributed by atoms with van der Waals surface area (Å²) in [6.45, 7) is 2.17. The van der Waals surface area contributed by atoms with Crippen molar-refractivity contribution in [1.29, 1.82) is 0 Å². The minimum absolute atomic E-state index is 0.0500. The zero-order valence-electron chi connectivity index (χ0n) is 8.78. The van der Waals surface area contributed by atoms with Gasteiger partial charge in [0, 0.05) is 11.4 Å². The SMILES string of the molecule is CCC(Br)CNS(=O)(=O)c1ccccc1F. The van der Waals surface area contributed by atoms with Crippen molar-refractivity contribution < 1.29 is 12.8 Å². The van der Waals surface area contributed by atoms with Crippen LogP contribution in [0.2, 0.25) is 0 Å². The summed E-state index contributed by atoms with van der Waals surface area (Å²) in [6.07, 6.45) is 0.791. The Morgan fingerprint density at radius 1 is 1.44 bits per heavy atom. The van der Waals surface area contributed by atoms with E-state index in [0.29, 0.717) is 0 Å². The van der Waals surface area contributed by atoms with Gasteiger partial charge in [-0.3, -0.25) is 0 Å². The highest BCUT2D eigenvalue weighted by Gasteiger charge is 2.18. The topological polar surface area (TPSA) is 46.2 Å². The molecule has 0 saturated heterocycles. The van der Waals surface area contributed by atoms with Crippen LogP contribution in [-0.2, 0) is 10.0 Å². The summed E-state index contributed by atoms with van der Waals surface area (Å²) in [6, 6.07) is 5.31. The molecule has 0 heterocycles. The molecule has 1 N–H and O–H groups in total. The van der Waals surface area contributed by atoms with E-state index in [1.165, 1.54) is 18.2 Å². The van der Waals surface area contributed by atoms with Gasteiger partial charge in [0.15, 0.2) is 0 Å². The third-order valence-electron chi connectivity index (χ3n) is 2.06. The first-order valence-corrected chi connectivity index (χ1v) is 7.25. The fourth-order valence-electron chi connectivity index (χ4n) is 1.08. The predicted molar refractivity (Wildman–Crippen MR) is 64.6 cm³/mol. The van der Waals surface area contributed by atoms with Gasteiger partial charge in [-0.2, -0.15) is 0 Å². The molecular formula is C10H13BrFNO2S. The minimum Gasteiger partial charge on any atom is -0.210 e. The molecule has 90 valence electrons. The van der Waals surface area contributed by atoms with Crippen molar-refractivity contribution in [2.24, 2.45) is 0 Å². The van der Waals surface area contributed by atoms with Crippen molar-refractivity contribution >= 4 is 26.0 Å². The number of alkyl halides is 1. The molecule has 0 aromatic heterocycles. The van der Waals surface area contributed by atoms with Gasteiger partial charge in [0.1, 0.15) is 10.7 Å². The lowest BCUT2D eigenvalue weighted by Gasteiger charge is -2.10. The maximum absolute atomic E-state index is 13.3. The predicted octanol–water partition coefficient (Wildman–Crippen LogP) is 2.28. The van der Waals surface area contributed by atoms with Crippen LogP contribution in [0.5, 0.6) is 0 Å². The van der Waals surface area contributed by atoms with Gasteiger partial charge in [0.2, 0.25) is 10.0 Å². The normalized spacial score (nSPS) is 13.7. The second-order valence-electron chi connectivity index (χ2n) is 3.29. The summed E-state index contributed by atoms with van der Waals surface area (Å²) in [5, 5.41) is 0. The highest BCUT2D eigenvalue weighted by molar-refractivity contribution is 9.09. The van der Waals surface area contributed by atoms with Gasteiger partial charge in [0.25, 0.3) is 0 Å². The fraction of sp³-hybridized carbons (Fsp3) is 0.400. The van der Waals surface area contributed by atoms with Crippen molar-refractivity contribution in [2.75, 3.05) is 6.54 Å². The second kappa shape index (κ2) is 5.75. The van der Waals surface area contributed by atoms with E-state index in [0.717, 1.165) is 12.5 Å².